The van der Waals surface area contributed by atoms with Crippen LogP contribution in [0.1, 0.15) is 49.9 Å². The van der Waals surface area contributed by atoms with Crippen LogP contribution in [-0.4, -0.2) is 32.0 Å². The summed E-state index contributed by atoms with van der Waals surface area (Å²) in [6.45, 7) is 4.07. The fraction of sp³-hybridized carbons (Fsp3) is 0.529. The minimum Gasteiger partial charge on any atom is -0.493 e. The predicted molar refractivity (Wildman–Crippen MR) is 85.6 cm³/mol. The first-order valence-electron chi connectivity index (χ1n) is 7.66. The van der Waals surface area contributed by atoms with Crippen molar-refractivity contribution in [2.75, 3.05) is 13.7 Å². The number of benzene rings is 1. The fourth-order valence-electron chi connectivity index (χ4n) is 2.11. The second kappa shape index (κ2) is 9.82. The van der Waals surface area contributed by atoms with Crippen LogP contribution < -0.4 is 14.8 Å². The van der Waals surface area contributed by atoms with E-state index in [4.69, 9.17) is 9.47 Å². The lowest BCUT2D eigenvalue weighted by molar-refractivity contribution is -0.123. The Morgan fingerprint density at radius 2 is 2.09 bits per heavy atom. The van der Waals surface area contributed by atoms with E-state index in [2.05, 4.69) is 12.2 Å². The highest BCUT2D eigenvalue weighted by atomic mass is 16.5. The van der Waals surface area contributed by atoms with Crippen LogP contribution in [0, 0.1) is 0 Å². The van der Waals surface area contributed by atoms with Crippen molar-refractivity contribution < 1.29 is 19.1 Å². The van der Waals surface area contributed by atoms with Crippen LogP contribution in [0.4, 0.5) is 0 Å². The second-order valence-electron chi connectivity index (χ2n) is 5.28. The van der Waals surface area contributed by atoms with Gasteiger partial charge in [-0.1, -0.05) is 26.2 Å². The first kappa shape index (κ1) is 18.0. The van der Waals surface area contributed by atoms with Crippen LogP contribution >= 0.6 is 0 Å². The molecule has 22 heavy (non-hydrogen) atoms. The Labute approximate surface area is 132 Å². The Balaban J connectivity index is 2.45. The van der Waals surface area contributed by atoms with Crippen LogP contribution in [0.3, 0.4) is 0 Å². The van der Waals surface area contributed by atoms with Crippen LogP contribution in [-0.2, 0) is 4.79 Å². The molecule has 1 aromatic carbocycles. The summed E-state index contributed by atoms with van der Waals surface area (Å²) >= 11 is 0. The van der Waals surface area contributed by atoms with Crippen LogP contribution in [0.25, 0.3) is 0 Å². The van der Waals surface area contributed by atoms with E-state index in [1.54, 1.807) is 18.2 Å². The Bertz CT molecular complexity index is 488. The molecule has 0 heterocycles. The molecular weight excluding hydrogens is 282 g/mol. The third-order valence-electron chi connectivity index (χ3n) is 3.33. The summed E-state index contributed by atoms with van der Waals surface area (Å²) in [6, 6.07) is 4.96. The molecule has 0 aliphatic heterocycles. The highest BCUT2D eigenvalue weighted by Gasteiger charge is 2.10. The van der Waals surface area contributed by atoms with E-state index in [0.717, 1.165) is 19.1 Å². The molecule has 0 saturated heterocycles. The Morgan fingerprint density at radius 1 is 1.32 bits per heavy atom. The van der Waals surface area contributed by atoms with Gasteiger partial charge in [-0.3, -0.25) is 9.59 Å². The molecule has 5 nitrogen and oxygen atoms in total. The van der Waals surface area contributed by atoms with Gasteiger partial charge >= 0.3 is 0 Å². The minimum atomic E-state index is -0.162. The van der Waals surface area contributed by atoms with Gasteiger partial charge in [0, 0.05) is 11.6 Å². The molecular formula is C17H25NO4. The van der Waals surface area contributed by atoms with E-state index in [-0.39, 0.29) is 18.6 Å². The van der Waals surface area contributed by atoms with Gasteiger partial charge in [0.05, 0.1) is 7.11 Å². The van der Waals surface area contributed by atoms with Crippen molar-refractivity contribution in [1.82, 2.24) is 5.32 Å². The van der Waals surface area contributed by atoms with E-state index >= 15 is 0 Å². The number of aldehydes is 1. The van der Waals surface area contributed by atoms with E-state index in [9.17, 15) is 9.59 Å². The van der Waals surface area contributed by atoms with E-state index < -0.39 is 0 Å². The molecule has 122 valence electrons. The van der Waals surface area contributed by atoms with Crippen molar-refractivity contribution >= 4 is 12.2 Å². The van der Waals surface area contributed by atoms with E-state index in [0.29, 0.717) is 17.1 Å². The molecule has 1 amide bonds. The number of ether oxygens (including phenoxy) is 2. The first-order valence-corrected chi connectivity index (χ1v) is 7.66. The molecule has 1 N–H and O–H groups in total. The van der Waals surface area contributed by atoms with Crippen LogP contribution in [0.5, 0.6) is 11.5 Å². The predicted octanol–water partition coefficient (Wildman–Crippen LogP) is 2.97. The van der Waals surface area contributed by atoms with Crippen LogP contribution in [0.2, 0.25) is 0 Å². The molecule has 0 aromatic heterocycles. The minimum absolute atomic E-state index is 0.0745. The summed E-state index contributed by atoms with van der Waals surface area (Å²) in [4.78, 5) is 22.6. The quantitative estimate of drug-likeness (QED) is 0.533. The smallest absolute Gasteiger partial charge is 0.258 e. The third kappa shape index (κ3) is 6.16. The summed E-state index contributed by atoms with van der Waals surface area (Å²) in [5.74, 6) is 0.723. The van der Waals surface area contributed by atoms with Crippen molar-refractivity contribution in [3.05, 3.63) is 23.8 Å². The summed E-state index contributed by atoms with van der Waals surface area (Å²) in [7, 11) is 1.49. The molecule has 1 atom stereocenters. The lowest BCUT2D eigenvalue weighted by atomic mass is 10.1. The SMILES string of the molecule is CCCCCC(C)NC(=O)COc1ccc(C=O)cc1OC. The average Bonchev–Trinajstić information content (AvgIpc) is 2.52. The normalized spacial score (nSPS) is 11.6. The highest BCUT2D eigenvalue weighted by molar-refractivity contribution is 5.78. The molecule has 0 spiro atoms. The standard InChI is InChI=1S/C17H25NO4/c1-4-5-6-7-13(2)18-17(20)12-22-15-9-8-14(11-19)10-16(15)21-3/h8-11,13H,4-7,12H2,1-3H3,(H,18,20). The van der Waals surface area contributed by atoms with E-state index in [1.165, 1.54) is 20.0 Å². The lowest BCUT2D eigenvalue weighted by Gasteiger charge is -2.15. The average molecular weight is 307 g/mol. The van der Waals surface area contributed by atoms with Gasteiger partial charge in [-0.2, -0.15) is 0 Å². The molecule has 5 heteroatoms. The Hall–Kier alpha value is -2.04. The van der Waals surface area contributed by atoms with Crippen molar-refractivity contribution in [1.29, 1.82) is 0 Å². The van der Waals surface area contributed by atoms with Crippen molar-refractivity contribution in [3.8, 4) is 11.5 Å². The van der Waals surface area contributed by atoms with Gasteiger partial charge in [0.25, 0.3) is 5.91 Å². The molecule has 1 unspecified atom stereocenters. The summed E-state index contributed by atoms with van der Waals surface area (Å²) in [6.07, 6.45) is 5.16. The van der Waals surface area contributed by atoms with Crippen molar-refractivity contribution in [2.45, 2.75) is 45.6 Å². The first-order chi connectivity index (χ1) is 10.6. The number of rotatable bonds is 10. The zero-order chi connectivity index (χ0) is 16.4. The van der Waals surface area contributed by atoms with Gasteiger partial charge in [0.2, 0.25) is 0 Å². The molecule has 0 radical (unpaired) electrons. The number of amides is 1. The number of unbranched alkanes of at least 4 members (excludes halogenated alkanes) is 2. The van der Waals surface area contributed by atoms with Crippen molar-refractivity contribution in [2.24, 2.45) is 0 Å². The highest BCUT2D eigenvalue weighted by Crippen LogP contribution is 2.27. The molecule has 1 rings (SSSR count). The lowest BCUT2D eigenvalue weighted by Crippen LogP contribution is -2.36. The van der Waals surface area contributed by atoms with Gasteiger partial charge in [0.1, 0.15) is 6.29 Å². The number of carbonyl (C=O) groups excluding carboxylic acids is 2. The number of hydrogen-bond acceptors (Lipinski definition) is 4. The monoisotopic (exact) mass is 307 g/mol. The molecule has 1 aromatic rings. The maximum absolute atomic E-state index is 11.8. The number of carbonyl (C=O) groups is 2. The van der Waals surface area contributed by atoms with Gasteiger partial charge in [0.15, 0.2) is 18.1 Å². The number of methoxy groups -OCH3 is 1. The zero-order valence-corrected chi connectivity index (χ0v) is 13.6. The summed E-state index contributed by atoms with van der Waals surface area (Å²) in [5.41, 5.74) is 0.498. The zero-order valence-electron chi connectivity index (χ0n) is 13.6. The molecule has 0 bridgehead atoms. The van der Waals surface area contributed by atoms with Gasteiger partial charge in [-0.15, -0.1) is 0 Å². The van der Waals surface area contributed by atoms with Gasteiger partial charge in [-0.05, 0) is 31.5 Å². The summed E-state index contributed by atoms with van der Waals surface area (Å²) in [5, 5.41) is 2.91. The Kier molecular flexibility index (Phi) is 8.04. The summed E-state index contributed by atoms with van der Waals surface area (Å²) < 4.78 is 10.6. The maximum Gasteiger partial charge on any atom is 0.258 e. The molecule has 0 aliphatic carbocycles. The maximum atomic E-state index is 11.8. The molecule has 0 aliphatic rings. The van der Waals surface area contributed by atoms with Gasteiger partial charge in [-0.25, -0.2) is 0 Å². The third-order valence-corrected chi connectivity index (χ3v) is 3.33. The number of hydrogen-bond donors (Lipinski definition) is 1. The number of nitrogens with one attached hydrogen (secondary N) is 1. The Morgan fingerprint density at radius 3 is 2.73 bits per heavy atom. The van der Waals surface area contributed by atoms with Crippen LogP contribution in [0.15, 0.2) is 18.2 Å². The topological polar surface area (TPSA) is 64.6 Å². The van der Waals surface area contributed by atoms with E-state index in [1.807, 2.05) is 6.92 Å². The fourth-order valence-corrected chi connectivity index (χ4v) is 2.11. The van der Waals surface area contributed by atoms with Gasteiger partial charge < -0.3 is 14.8 Å². The largest absolute Gasteiger partial charge is 0.493 e. The second-order valence-corrected chi connectivity index (χ2v) is 5.28. The van der Waals surface area contributed by atoms with Crippen molar-refractivity contribution in [3.63, 3.8) is 0 Å². The molecule has 0 saturated carbocycles. The molecule has 0 fully saturated rings.